The topological polar surface area (TPSA) is 78.0 Å². The molecule has 0 atom stereocenters. The maximum absolute atomic E-state index is 13.0. The minimum atomic E-state index is -0.610. The summed E-state index contributed by atoms with van der Waals surface area (Å²) in [5.74, 6) is 0.190. The van der Waals surface area contributed by atoms with Gasteiger partial charge in [-0.15, -0.1) is 13.2 Å². The molecule has 0 aliphatic carbocycles. The van der Waals surface area contributed by atoms with Crippen LogP contribution in [0.25, 0.3) is 22.2 Å². The van der Waals surface area contributed by atoms with Crippen LogP contribution in [0.4, 0.5) is 0 Å². The number of benzene rings is 2. The lowest BCUT2D eigenvalue weighted by Crippen LogP contribution is -2.35. The van der Waals surface area contributed by atoms with Crippen LogP contribution in [0.3, 0.4) is 0 Å². The summed E-state index contributed by atoms with van der Waals surface area (Å²) in [5.41, 5.74) is 2.25. The number of rotatable bonds is 10. The summed E-state index contributed by atoms with van der Waals surface area (Å²) < 4.78 is 16.1. The molecule has 0 spiro atoms. The number of ether oxygens (including phenoxy) is 3. The number of carbonyl (C=O) groups excluding carboxylic acids is 2. The average molecular weight is 447 g/mol. The molecule has 0 radical (unpaired) electrons. The summed E-state index contributed by atoms with van der Waals surface area (Å²) in [5, 5.41) is 0.633. The van der Waals surface area contributed by atoms with Crippen molar-refractivity contribution in [2.75, 3.05) is 33.9 Å². The van der Waals surface area contributed by atoms with Gasteiger partial charge >= 0.3 is 5.97 Å². The van der Waals surface area contributed by atoms with Crippen LogP contribution in [0.5, 0.6) is 11.5 Å². The van der Waals surface area contributed by atoms with Crippen LogP contribution in [-0.2, 0) is 9.53 Å². The van der Waals surface area contributed by atoms with E-state index in [4.69, 9.17) is 19.2 Å². The molecule has 1 amide bonds. The number of aromatic nitrogens is 1. The van der Waals surface area contributed by atoms with Crippen molar-refractivity contribution in [3.63, 3.8) is 0 Å². The van der Waals surface area contributed by atoms with Crippen molar-refractivity contribution in [1.82, 2.24) is 9.88 Å². The van der Waals surface area contributed by atoms with Crippen molar-refractivity contribution in [2.24, 2.45) is 0 Å². The summed E-state index contributed by atoms with van der Waals surface area (Å²) in [6.07, 6.45) is 3.21. The molecule has 2 aromatic carbocycles. The quantitative estimate of drug-likeness (QED) is 0.342. The van der Waals surface area contributed by atoms with Crippen molar-refractivity contribution in [2.45, 2.75) is 0 Å². The molecule has 170 valence electrons. The van der Waals surface area contributed by atoms with Gasteiger partial charge in [-0.05, 0) is 30.3 Å². The van der Waals surface area contributed by atoms with Crippen LogP contribution in [0, 0.1) is 0 Å². The van der Waals surface area contributed by atoms with Gasteiger partial charge in [0.2, 0.25) is 0 Å². The number of hydrogen-bond acceptors (Lipinski definition) is 6. The van der Waals surface area contributed by atoms with Gasteiger partial charge in [0.25, 0.3) is 5.91 Å². The van der Waals surface area contributed by atoms with Crippen molar-refractivity contribution in [3.05, 3.63) is 79.4 Å². The predicted octanol–water partition coefficient (Wildman–Crippen LogP) is 4.28. The van der Waals surface area contributed by atoms with Gasteiger partial charge in [-0.3, -0.25) is 4.79 Å². The third-order valence-corrected chi connectivity index (χ3v) is 4.99. The number of fused-ring (bicyclic) bond motifs is 1. The van der Waals surface area contributed by atoms with E-state index >= 15 is 0 Å². The van der Waals surface area contributed by atoms with Gasteiger partial charge < -0.3 is 19.1 Å². The van der Waals surface area contributed by atoms with Crippen molar-refractivity contribution in [3.8, 4) is 22.8 Å². The van der Waals surface area contributed by atoms with E-state index in [1.54, 1.807) is 50.6 Å². The first-order valence-corrected chi connectivity index (χ1v) is 10.3. The second-order valence-electron chi connectivity index (χ2n) is 7.09. The van der Waals surface area contributed by atoms with Crippen LogP contribution in [0.1, 0.15) is 10.4 Å². The second-order valence-corrected chi connectivity index (χ2v) is 7.09. The number of pyridine rings is 1. The van der Waals surface area contributed by atoms with Crippen molar-refractivity contribution < 1.29 is 23.8 Å². The summed E-state index contributed by atoms with van der Waals surface area (Å²) in [4.78, 5) is 31.6. The van der Waals surface area contributed by atoms with E-state index < -0.39 is 5.97 Å². The molecule has 33 heavy (non-hydrogen) atoms. The molecule has 0 aliphatic heterocycles. The fourth-order valence-electron chi connectivity index (χ4n) is 3.37. The highest BCUT2D eigenvalue weighted by Gasteiger charge is 2.19. The van der Waals surface area contributed by atoms with Gasteiger partial charge in [-0.25, -0.2) is 9.78 Å². The lowest BCUT2D eigenvalue weighted by molar-refractivity contribution is -0.133. The maximum atomic E-state index is 13.0. The summed E-state index contributed by atoms with van der Waals surface area (Å²) in [6.45, 7) is 7.58. The van der Waals surface area contributed by atoms with Crippen molar-refractivity contribution >= 4 is 22.8 Å². The smallest absolute Gasteiger partial charge is 0.339 e. The Morgan fingerprint density at radius 2 is 1.67 bits per heavy atom. The zero-order valence-corrected chi connectivity index (χ0v) is 18.7. The van der Waals surface area contributed by atoms with Gasteiger partial charge in [0.15, 0.2) is 18.1 Å². The van der Waals surface area contributed by atoms with E-state index in [0.29, 0.717) is 46.7 Å². The molecule has 0 fully saturated rings. The first-order valence-electron chi connectivity index (χ1n) is 10.3. The van der Waals surface area contributed by atoms with Gasteiger partial charge in [0.05, 0.1) is 31.0 Å². The second kappa shape index (κ2) is 10.9. The molecule has 0 bridgehead atoms. The molecule has 0 aliphatic rings. The average Bonchev–Trinajstić information content (AvgIpc) is 2.85. The summed E-state index contributed by atoms with van der Waals surface area (Å²) in [7, 11) is 3.11. The molecular weight excluding hydrogens is 420 g/mol. The Bertz CT molecular complexity index is 1180. The van der Waals surface area contributed by atoms with Gasteiger partial charge in [0, 0.05) is 24.0 Å². The number of hydrogen-bond donors (Lipinski definition) is 0. The predicted molar refractivity (Wildman–Crippen MR) is 128 cm³/mol. The maximum Gasteiger partial charge on any atom is 0.339 e. The zero-order chi connectivity index (χ0) is 23.8. The van der Waals surface area contributed by atoms with E-state index in [1.165, 1.54) is 4.90 Å². The number of para-hydroxylation sites is 1. The van der Waals surface area contributed by atoms with Crippen LogP contribution in [0.2, 0.25) is 0 Å². The van der Waals surface area contributed by atoms with Crippen LogP contribution >= 0.6 is 0 Å². The Labute approximate surface area is 192 Å². The first-order chi connectivity index (χ1) is 16.0. The minimum absolute atomic E-state index is 0.317. The Hall–Kier alpha value is -4.13. The van der Waals surface area contributed by atoms with Crippen LogP contribution in [-0.4, -0.2) is 55.7 Å². The van der Waals surface area contributed by atoms with Crippen LogP contribution in [0.15, 0.2) is 73.8 Å². The van der Waals surface area contributed by atoms with E-state index in [2.05, 4.69) is 13.2 Å². The Morgan fingerprint density at radius 3 is 2.33 bits per heavy atom. The lowest BCUT2D eigenvalue weighted by Gasteiger charge is -2.19. The molecule has 7 nitrogen and oxygen atoms in total. The number of amides is 1. The van der Waals surface area contributed by atoms with E-state index in [1.807, 2.05) is 24.3 Å². The highest BCUT2D eigenvalue weighted by Crippen LogP contribution is 2.33. The number of esters is 1. The first kappa shape index (κ1) is 23.5. The van der Waals surface area contributed by atoms with Gasteiger partial charge in [-0.2, -0.15) is 0 Å². The Balaban J connectivity index is 1.94. The third kappa shape index (κ3) is 5.38. The number of carbonyl (C=O) groups is 2. The molecule has 7 heteroatoms. The minimum Gasteiger partial charge on any atom is -0.493 e. The summed E-state index contributed by atoms with van der Waals surface area (Å²) in [6, 6.07) is 14.3. The Morgan fingerprint density at radius 1 is 0.970 bits per heavy atom. The number of nitrogens with zero attached hydrogens (tertiary/aromatic N) is 2. The van der Waals surface area contributed by atoms with E-state index in [-0.39, 0.29) is 12.5 Å². The highest BCUT2D eigenvalue weighted by atomic mass is 16.5. The molecule has 0 unspecified atom stereocenters. The van der Waals surface area contributed by atoms with E-state index in [9.17, 15) is 9.59 Å². The lowest BCUT2D eigenvalue weighted by atomic mass is 10.0. The molecule has 3 rings (SSSR count). The fraction of sp³-hybridized carbons (Fsp3) is 0.192. The highest BCUT2D eigenvalue weighted by molar-refractivity contribution is 6.05. The molecule has 0 N–H and O–H groups in total. The van der Waals surface area contributed by atoms with Crippen molar-refractivity contribution in [1.29, 1.82) is 0 Å². The van der Waals surface area contributed by atoms with E-state index in [0.717, 1.165) is 5.56 Å². The molecule has 3 aromatic rings. The molecule has 1 aromatic heterocycles. The van der Waals surface area contributed by atoms with Crippen LogP contribution < -0.4 is 9.47 Å². The SMILES string of the molecule is C=CCN(CC=C)C(=O)COC(=O)c1cc(-c2ccc(OC)c(OC)c2)nc2ccccc12. The third-order valence-electron chi connectivity index (χ3n) is 4.99. The monoisotopic (exact) mass is 446 g/mol. The fourth-order valence-corrected chi connectivity index (χ4v) is 3.37. The normalized spacial score (nSPS) is 10.4. The largest absolute Gasteiger partial charge is 0.493 e. The van der Waals surface area contributed by atoms with Gasteiger partial charge in [0.1, 0.15) is 0 Å². The molecule has 0 saturated carbocycles. The molecule has 1 heterocycles. The standard InChI is InChI=1S/C26H26N2O5/c1-5-13-28(14-6-2)25(29)17-33-26(30)20-16-22(27-21-10-8-7-9-19(20)21)18-11-12-23(31-3)24(15-18)32-4/h5-12,15-16H,1-2,13-14,17H2,3-4H3. The molecule has 0 saturated heterocycles. The number of methoxy groups -OCH3 is 2. The Kier molecular flexibility index (Phi) is 7.81. The zero-order valence-electron chi connectivity index (χ0n) is 18.7. The molecular formula is C26H26N2O5. The van der Waals surface area contributed by atoms with Gasteiger partial charge in [-0.1, -0.05) is 30.4 Å². The summed E-state index contributed by atoms with van der Waals surface area (Å²) >= 11 is 0.